The van der Waals surface area contributed by atoms with Crippen molar-refractivity contribution in [2.45, 2.75) is 12.8 Å². The average Bonchev–Trinajstić information content (AvgIpc) is 2.02. The maximum atomic E-state index is 10.0. The third-order valence-electron chi connectivity index (χ3n) is 1.14. The minimum Gasteiger partial charge on any atom is -0.550 e. The van der Waals surface area contributed by atoms with Crippen LogP contribution in [0.5, 0.6) is 0 Å². The zero-order valence-corrected chi connectivity index (χ0v) is 17.2. The summed E-state index contributed by atoms with van der Waals surface area (Å²) in [6, 6.07) is 0. The minimum atomic E-state index is -1.15. The first-order valence-corrected chi connectivity index (χ1v) is 5.22. The number of rotatable bonds is 6. The zero-order valence-electron chi connectivity index (χ0n) is 9.28. The normalized spacial score (nSPS) is 8.25. The molecule has 0 amide bonds. The smallest absolute Gasteiger partial charge is 0.550 e. The fourth-order valence-electron chi connectivity index (χ4n) is 0.545. The van der Waals surface area contributed by atoms with Crippen LogP contribution in [-0.2, 0) is 9.59 Å². The minimum absolute atomic E-state index is 0. The van der Waals surface area contributed by atoms with Crippen molar-refractivity contribution in [3.63, 3.8) is 0 Å². The molecule has 1 N–H and O–H groups in total. The Morgan fingerprint density at radius 1 is 1.12 bits per heavy atom. The zero-order chi connectivity index (χ0) is 11.0. The molecule has 0 saturated heterocycles. The van der Waals surface area contributed by atoms with Gasteiger partial charge in [-0.3, -0.25) is 0 Å². The van der Waals surface area contributed by atoms with Crippen LogP contribution in [0.1, 0.15) is 12.8 Å². The Kier molecular flexibility index (Phi) is 22.8. The molecule has 0 saturated carbocycles. The molecule has 0 aromatic heterocycles. The Labute approximate surface area is 189 Å². The van der Waals surface area contributed by atoms with Gasteiger partial charge in [-0.15, -0.1) is 0 Å². The molecular weight excluding hydrogens is 304 g/mol. The van der Waals surface area contributed by atoms with E-state index in [4.69, 9.17) is 12.2 Å². The van der Waals surface area contributed by atoms with Crippen molar-refractivity contribution in [2.75, 3.05) is 12.3 Å². The summed E-state index contributed by atoms with van der Waals surface area (Å²) >= 11 is 5.93. The number of aliphatic carboxylic acids is 2. The van der Waals surface area contributed by atoms with Gasteiger partial charge in [-0.2, -0.15) is 0 Å². The van der Waals surface area contributed by atoms with Crippen molar-refractivity contribution >= 4 is 40.2 Å². The molecule has 0 fully saturated rings. The number of nitrogens with one attached hydrogen (secondary N) is 1. The van der Waals surface area contributed by atoms with Crippen LogP contribution < -0.4 is 118 Å². The molecule has 0 heterocycles. The number of carbonyl (C=O) groups excluding carboxylic acids is 2. The van der Waals surface area contributed by atoms with Gasteiger partial charge in [-0.05, 0) is 6.42 Å². The maximum absolute atomic E-state index is 10.0. The second-order valence-corrected chi connectivity index (χ2v) is 4.08. The van der Waals surface area contributed by atoms with E-state index in [1.807, 2.05) is 0 Å². The van der Waals surface area contributed by atoms with Crippen molar-refractivity contribution < 1.29 is 123 Å². The van der Waals surface area contributed by atoms with Crippen LogP contribution in [0, 0.1) is 0 Å². The van der Waals surface area contributed by atoms with Crippen LogP contribution in [0.15, 0.2) is 0 Å². The van der Waals surface area contributed by atoms with E-state index in [1.54, 1.807) is 0 Å². The van der Waals surface area contributed by atoms with Crippen LogP contribution >= 0.6 is 24.0 Å². The van der Waals surface area contributed by atoms with Gasteiger partial charge in [0.1, 0.15) is 4.32 Å². The molecule has 0 aliphatic carbocycles. The first kappa shape index (κ1) is 23.5. The molecule has 0 unspecified atom stereocenters. The molecule has 0 aliphatic rings. The largest absolute Gasteiger partial charge is 1.00 e. The van der Waals surface area contributed by atoms with E-state index < -0.39 is 11.9 Å². The summed E-state index contributed by atoms with van der Waals surface area (Å²) in [6.45, 7) is 0.194. The van der Waals surface area contributed by atoms with Crippen LogP contribution in [0.25, 0.3) is 0 Å². The molecule has 0 aliphatic heterocycles. The number of hydrogen-bond acceptors (Lipinski definition) is 6. The van der Waals surface area contributed by atoms with Gasteiger partial charge in [0.15, 0.2) is 0 Å². The second-order valence-electron chi connectivity index (χ2n) is 2.31. The fourth-order valence-corrected chi connectivity index (χ4v) is 1.56. The summed E-state index contributed by atoms with van der Waals surface area (Å²) in [5.74, 6) is -1.96. The van der Waals surface area contributed by atoms with Crippen molar-refractivity contribution in [1.82, 2.24) is 5.32 Å². The van der Waals surface area contributed by atoms with Gasteiger partial charge in [-0.1, -0.05) is 24.0 Å². The van der Waals surface area contributed by atoms with Gasteiger partial charge in [0, 0.05) is 30.7 Å². The third-order valence-corrected chi connectivity index (χ3v) is 2.45. The van der Waals surface area contributed by atoms with Crippen LogP contribution in [0.2, 0.25) is 0 Å². The number of thiocarbonyl (C=S) groups is 1. The van der Waals surface area contributed by atoms with E-state index in [2.05, 4.69) is 5.32 Å². The quantitative estimate of drug-likeness (QED) is 0.384. The summed E-state index contributed by atoms with van der Waals surface area (Å²) < 4.78 is 0.382. The Balaban J connectivity index is -0.000000845. The molecule has 0 spiro atoms. The third kappa shape index (κ3) is 18.8. The summed E-state index contributed by atoms with van der Waals surface area (Å²) in [7, 11) is 0. The number of hydrogen-bond donors (Lipinski definition) is 1. The molecule has 5 nitrogen and oxygen atoms in total. The van der Waals surface area contributed by atoms with E-state index in [0.29, 0.717) is 10.1 Å². The van der Waals surface area contributed by atoms with Gasteiger partial charge in [0.2, 0.25) is 0 Å². The van der Waals surface area contributed by atoms with E-state index in [-0.39, 0.29) is 122 Å². The standard InChI is InChI=1S/C7H11NO4S2.2K/c9-5(10)1-3-8-7(13)14-4-2-6(11)12;;/h1-4H2,(H,8,13)(H,9,10)(H,11,12);;/q;2*+1/p-2. The molecule has 0 aromatic carbocycles. The number of carboxylic acids is 2. The summed E-state index contributed by atoms with van der Waals surface area (Å²) in [4.78, 5) is 20.0. The summed E-state index contributed by atoms with van der Waals surface area (Å²) in [5.41, 5.74) is 0. The van der Waals surface area contributed by atoms with Gasteiger partial charge in [0.25, 0.3) is 0 Å². The number of thioether (sulfide) groups is 1. The SMILES string of the molecule is O=C([O-])CCNC(=S)SCCC(=O)[O-].[K+].[K+]. The first-order chi connectivity index (χ1) is 6.52. The topological polar surface area (TPSA) is 92.3 Å². The summed E-state index contributed by atoms with van der Waals surface area (Å²) in [6.07, 6.45) is -0.200. The molecular formula is C7H9K2NO4S2. The maximum Gasteiger partial charge on any atom is 1.00 e. The van der Waals surface area contributed by atoms with Crippen molar-refractivity contribution in [2.24, 2.45) is 0 Å². The van der Waals surface area contributed by atoms with Crippen LogP contribution in [-0.4, -0.2) is 28.6 Å². The van der Waals surface area contributed by atoms with Crippen molar-refractivity contribution in [1.29, 1.82) is 0 Å². The Morgan fingerprint density at radius 3 is 2.06 bits per heavy atom. The van der Waals surface area contributed by atoms with Gasteiger partial charge < -0.3 is 25.1 Å². The molecule has 80 valence electrons. The molecule has 0 atom stereocenters. The predicted octanol–water partition coefficient (Wildman–Crippen LogP) is -8.12. The second kappa shape index (κ2) is 15.5. The predicted molar refractivity (Wildman–Crippen MR) is 52.3 cm³/mol. The molecule has 0 aromatic rings. The molecule has 0 bridgehead atoms. The molecule has 0 rings (SSSR count). The van der Waals surface area contributed by atoms with Gasteiger partial charge in [0.05, 0.1) is 0 Å². The number of carboxylic acid groups (broad SMARTS) is 2. The Hall–Kier alpha value is 2.45. The van der Waals surface area contributed by atoms with Crippen LogP contribution in [0.4, 0.5) is 0 Å². The van der Waals surface area contributed by atoms with Gasteiger partial charge in [-0.25, -0.2) is 0 Å². The van der Waals surface area contributed by atoms with Gasteiger partial charge >= 0.3 is 103 Å². The van der Waals surface area contributed by atoms with E-state index in [1.165, 1.54) is 0 Å². The van der Waals surface area contributed by atoms with Crippen LogP contribution in [0.3, 0.4) is 0 Å². The Morgan fingerprint density at radius 2 is 1.62 bits per heavy atom. The first-order valence-electron chi connectivity index (χ1n) is 3.82. The van der Waals surface area contributed by atoms with E-state index in [0.717, 1.165) is 11.8 Å². The van der Waals surface area contributed by atoms with E-state index in [9.17, 15) is 19.8 Å². The molecule has 9 heteroatoms. The molecule has 16 heavy (non-hydrogen) atoms. The monoisotopic (exact) mass is 313 g/mol. The number of carbonyl (C=O) groups is 2. The van der Waals surface area contributed by atoms with Crippen molar-refractivity contribution in [3.8, 4) is 0 Å². The fraction of sp³-hybridized carbons (Fsp3) is 0.571. The summed E-state index contributed by atoms with van der Waals surface area (Å²) in [5, 5.41) is 22.7. The average molecular weight is 313 g/mol. The molecule has 0 radical (unpaired) electrons. The van der Waals surface area contributed by atoms with Crippen molar-refractivity contribution in [3.05, 3.63) is 0 Å². The van der Waals surface area contributed by atoms with E-state index >= 15 is 0 Å². The Bertz CT molecular complexity index is 218.